The van der Waals surface area contributed by atoms with Crippen molar-refractivity contribution in [1.29, 1.82) is 0 Å². The van der Waals surface area contributed by atoms with Gasteiger partial charge in [-0.15, -0.1) is 0 Å². The van der Waals surface area contributed by atoms with Crippen LogP contribution in [0.1, 0.15) is 181 Å². The van der Waals surface area contributed by atoms with Crippen molar-refractivity contribution in [3.63, 3.8) is 0 Å². The second-order valence-electron chi connectivity index (χ2n) is 13.0. The van der Waals surface area contributed by atoms with Gasteiger partial charge in [-0.3, -0.25) is 4.79 Å². The van der Waals surface area contributed by atoms with Gasteiger partial charge in [0.25, 0.3) is 0 Å². The van der Waals surface area contributed by atoms with Crippen molar-refractivity contribution in [1.82, 2.24) is 0 Å². The van der Waals surface area contributed by atoms with Crippen LogP contribution in [0.15, 0.2) is 0 Å². The van der Waals surface area contributed by atoms with E-state index in [9.17, 15) is 4.79 Å². The van der Waals surface area contributed by atoms with E-state index in [1.807, 2.05) is 0 Å². The third-order valence-corrected chi connectivity index (χ3v) is 10.1. The molecule has 2 spiro atoms. The second kappa shape index (κ2) is 16.6. The van der Waals surface area contributed by atoms with Gasteiger partial charge in [-0.1, -0.05) is 129 Å². The number of unbranched alkanes of at least 4 members (excludes halogenated alkanes) is 14. The minimum Gasteiger partial charge on any atom is -0.349 e. The Kier molecular flexibility index (Phi) is 14.0. The summed E-state index contributed by atoms with van der Waals surface area (Å²) in [6.45, 7) is 6.08. The van der Waals surface area contributed by atoms with Crippen LogP contribution < -0.4 is 0 Å². The number of rotatable bonds is 20. The summed E-state index contributed by atoms with van der Waals surface area (Å²) < 4.78 is 13.6. The number of ether oxygens (including phenoxy) is 2. The SMILES string of the molecule is CCCCCCCCCCOC1(OCCCCCCCCCC)CCCCC12CC1(CCCCC1)C2=O. The highest BCUT2D eigenvalue weighted by Gasteiger charge is 2.72. The maximum Gasteiger partial charge on any atom is 0.180 e. The second-order valence-corrected chi connectivity index (χ2v) is 13.0. The third-order valence-electron chi connectivity index (χ3n) is 10.1. The molecule has 3 fully saturated rings. The molecule has 0 aromatic rings. The number of carbonyl (C=O) groups is 1. The highest BCUT2D eigenvalue weighted by molar-refractivity contribution is 5.97. The lowest BCUT2D eigenvalue weighted by Crippen LogP contribution is -2.70. The summed E-state index contributed by atoms with van der Waals surface area (Å²) >= 11 is 0. The fraction of sp³-hybridized carbons (Fsp3) is 0.971. The smallest absolute Gasteiger partial charge is 0.180 e. The first-order chi connectivity index (χ1) is 18.1. The van der Waals surface area contributed by atoms with Crippen molar-refractivity contribution in [3.05, 3.63) is 0 Å². The van der Waals surface area contributed by atoms with Crippen LogP contribution in [0.3, 0.4) is 0 Å². The maximum absolute atomic E-state index is 14.1. The van der Waals surface area contributed by atoms with Crippen LogP contribution in [-0.4, -0.2) is 24.8 Å². The fourth-order valence-corrected chi connectivity index (χ4v) is 7.90. The lowest BCUT2D eigenvalue weighted by atomic mass is 9.42. The van der Waals surface area contributed by atoms with Gasteiger partial charge in [0.1, 0.15) is 0 Å². The van der Waals surface area contributed by atoms with Crippen molar-refractivity contribution in [2.45, 2.75) is 187 Å². The minimum atomic E-state index is -0.646. The van der Waals surface area contributed by atoms with Crippen LogP contribution in [0.2, 0.25) is 0 Å². The summed E-state index contributed by atoms with van der Waals surface area (Å²) in [7, 11) is 0. The van der Waals surface area contributed by atoms with Gasteiger partial charge < -0.3 is 9.47 Å². The van der Waals surface area contributed by atoms with E-state index in [-0.39, 0.29) is 10.8 Å². The van der Waals surface area contributed by atoms with E-state index in [2.05, 4.69) is 13.8 Å². The molecule has 3 aliphatic rings. The van der Waals surface area contributed by atoms with Crippen LogP contribution in [0, 0.1) is 10.8 Å². The first-order valence-corrected chi connectivity index (χ1v) is 17.0. The summed E-state index contributed by atoms with van der Waals surface area (Å²) in [5.74, 6) is -0.112. The molecule has 3 saturated carbocycles. The Hall–Kier alpha value is -0.410. The van der Waals surface area contributed by atoms with Crippen LogP contribution in [-0.2, 0) is 14.3 Å². The van der Waals surface area contributed by atoms with Crippen LogP contribution in [0.25, 0.3) is 0 Å². The highest BCUT2D eigenvalue weighted by Crippen LogP contribution is 2.67. The first kappa shape index (κ1) is 31.1. The summed E-state index contributed by atoms with van der Waals surface area (Å²) in [6, 6.07) is 0. The van der Waals surface area contributed by atoms with E-state index in [0.717, 1.165) is 71.0 Å². The molecule has 0 aromatic carbocycles. The van der Waals surface area contributed by atoms with Crippen LogP contribution in [0.5, 0.6) is 0 Å². The molecule has 0 bridgehead atoms. The minimum absolute atomic E-state index is 0.0372. The van der Waals surface area contributed by atoms with Crippen LogP contribution in [0.4, 0.5) is 0 Å². The molecule has 37 heavy (non-hydrogen) atoms. The molecule has 0 aromatic heterocycles. The van der Waals surface area contributed by atoms with E-state index in [0.29, 0.717) is 5.78 Å². The average Bonchev–Trinajstić information content (AvgIpc) is 2.93. The summed E-state index contributed by atoms with van der Waals surface area (Å²) in [6.07, 6.45) is 32.1. The predicted molar refractivity (Wildman–Crippen MR) is 156 cm³/mol. The topological polar surface area (TPSA) is 35.5 Å². The molecule has 0 heterocycles. The van der Waals surface area contributed by atoms with E-state index in [4.69, 9.17) is 9.47 Å². The molecular weight excluding hydrogens is 456 g/mol. The Morgan fingerprint density at radius 2 is 0.973 bits per heavy atom. The van der Waals surface area contributed by atoms with Gasteiger partial charge >= 0.3 is 0 Å². The van der Waals surface area contributed by atoms with Gasteiger partial charge in [0.05, 0.1) is 18.6 Å². The average molecular weight is 519 g/mol. The number of carbonyl (C=O) groups excluding carboxylic acids is 1. The number of hydrogen-bond donors (Lipinski definition) is 0. The Balaban J connectivity index is 1.52. The molecule has 1 unspecified atom stereocenters. The third kappa shape index (κ3) is 8.29. The molecule has 3 aliphatic carbocycles. The largest absolute Gasteiger partial charge is 0.349 e. The molecule has 3 heteroatoms. The van der Waals surface area contributed by atoms with Crippen molar-refractivity contribution in [3.8, 4) is 0 Å². The van der Waals surface area contributed by atoms with Crippen molar-refractivity contribution in [2.75, 3.05) is 13.2 Å². The van der Waals surface area contributed by atoms with E-state index in [1.54, 1.807) is 0 Å². The number of ketones is 1. The molecule has 0 N–H and O–H groups in total. The Labute approximate surface area is 230 Å². The predicted octanol–water partition coefficient (Wildman–Crippen LogP) is 10.5. The zero-order chi connectivity index (χ0) is 26.3. The summed E-state index contributed by atoms with van der Waals surface area (Å²) in [5.41, 5.74) is -0.395. The first-order valence-electron chi connectivity index (χ1n) is 17.0. The van der Waals surface area contributed by atoms with Gasteiger partial charge in [-0.05, 0) is 44.9 Å². The zero-order valence-electron chi connectivity index (χ0n) is 25.0. The van der Waals surface area contributed by atoms with Gasteiger partial charge in [0, 0.05) is 11.8 Å². The van der Waals surface area contributed by atoms with Gasteiger partial charge in [-0.25, -0.2) is 0 Å². The Morgan fingerprint density at radius 1 is 0.541 bits per heavy atom. The highest BCUT2D eigenvalue weighted by atomic mass is 16.7. The monoisotopic (exact) mass is 518 g/mol. The molecule has 3 nitrogen and oxygen atoms in total. The van der Waals surface area contributed by atoms with Crippen molar-refractivity contribution in [2.24, 2.45) is 10.8 Å². The standard InChI is InChI=1S/C34H62O3/c1-3-5-7-9-11-13-15-22-28-36-34(37-29-23-16-14-12-10-8-6-4-2)27-21-20-26-33(34)30-32(31(33)35)24-18-17-19-25-32/h3-30H2,1-2H3. The van der Waals surface area contributed by atoms with Crippen molar-refractivity contribution < 1.29 is 14.3 Å². The van der Waals surface area contributed by atoms with E-state index >= 15 is 0 Å². The molecule has 3 rings (SSSR count). The number of Topliss-reactive ketones (excluding diaryl/α,β-unsaturated/α-hetero) is 1. The molecule has 0 amide bonds. The van der Waals surface area contributed by atoms with Crippen molar-refractivity contribution >= 4 is 5.78 Å². The summed E-state index contributed by atoms with van der Waals surface area (Å²) in [4.78, 5) is 14.1. The molecule has 0 radical (unpaired) electrons. The quantitative estimate of drug-likeness (QED) is 0.119. The fourth-order valence-electron chi connectivity index (χ4n) is 7.90. The van der Waals surface area contributed by atoms with Gasteiger partial charge in [0.2, 0.25) is 0 Å². The Morgan fingerprint density at radius 3 is 1.46 bits per heavy atom. The normalized spacial score (nSPS) is 24.5. The number of hydrogen-bond acceptors (Lipinski definition) is 3. The van der Waals surface area contributed by atoms with Crippen LogP contribution >= 0.6 is 0 Å². The molecular formula is C34H62O3. The van der Waals surface area contributed by atoms with E-state index < -0.39 is 5.79 Å². The molecule has 1 atom stereocenters. The molecule has 216 valence electrons. The zero-order valence-corrected chi connectivity index (χ0v) is 25.0. The summed E-state index contributed by atoms with van der Waals surface area (Å²) in [5, 5.41) is 0. The Bertz CT molecular complexity index is 601. The lowest BCUT2D eigenvalue weighted by molar-refractivity contribution is -0.328. The lowest BCUT2D eigenvalue weighted by Gasteiger charge is -2.64. The van der Waals surface area contributed by atoms with Gasteiger partial charge in [0.15, 0.2) is 11.6 Å². The van der Waals surface area contributed by atoms with E-state index in [1.165, 1.54) is 109 Å². The maximum atomic E-state index is 14.1. The molecule has 0 aliphatic heterocycles. The van der Waals surface area contributed by atoms with Gasteiger partial charge in [-0.2, -0.15) is 0 Å². The molecule has 0 saturated heterocycles.